The van der Waals surface area contributed by atoms with Gasteiger partial charge in [-0.2, -0.15) is 0 Å². The van der Waals surface area contributed by atoms with E-state index >= 15 is 14.4 Å². The van der Waals surface area contributed by atoms with Crippen LogP contribution in [0.25, 0.3) is 0 Å². The Morgan fingerprint density at radius 2 is 0.513 bits per heavy atom. The highest BCUT2D eigenvalue weighted by atomic mass is 28.4. The van der Waals surface area contributed by atoms with Crippen LogP contribution in [0.5, 0.6) is 0 Å². The summed E-state index contributed by atoms with van der Waals surface area (Å²) in [5, 5.41) is 0. The number of rotatable bonds is 36. The van der Waals surface area contributed by atoms with E-state index in [1.165, 1.54) is 13.7 Å². The van der Waals surface area contributed by atoms with E-state index in [9.17, 15) is 0 Å². The molecule has 4 rings (SSSR count). The van der Waals surface area contributed by atoms with Crippen LogP contribution in [-0.2, 0) is 52.5 Å². The molecule has 0 aliphatic carbocycles. The molecule has 0 saturated carbocycles. The van der Waals surface area contributed by atoms with Crippen molar-refractivity contribution in [3.63, 3.8) is 0 Å². The average Bonchev–Trinajstić information content (AvgIpc) is 3.38. The lowest BCUT2D eigenvalue weighted by Gasteiger charge is -2.42. The molecule has 78 heavy (non-hydrogen) atoms. The van der Waals surface area contributed by atoms with Gasteiger partial charge in [0.1, 0.15) is 0 Å². The molecule has 0 N–H and O–H groups in total. The molecule has 15 heteroatoms. The standard InChI is InChI=1S/C63H108N6O6Si3/c1-49(2)76(50(3)4,51(5)6)73-43-40-64(46-58-28-22-19-23-29-58)34-37-67-61(70)68(38-35-65(47-59-30-24-20-25-31-59)41-44-74-77(52(7)8,53(9)10)54(11)12)63(72)69(62(67)71)39-36-66(48-60-32-26-21-27-33-60)42-45-75-78(55(13)14,56(15)16)57(17)18/h19-33,49-57H,34-48H2,1-18H3. The van der Waals surface area contributed by atoms with Crippen molar-refractivity contribution in [2.45, 2.75) is 214 Å². The zero-order valence-electron chi connectivity index (χ0n) is 52.1. The minimum absolute atomic E-state index is 0.119. The fraction of sp³-hybridized carbons (Fsp3) is 0.667. The molecule has 3 aromatic carbocycles. The molecule has 12 nitrogen and oxygen atoms in total. The maximum Gasteiger partial charge on any atom is 0.336 e. The first-order valence-electron chi connectivity index (χ1n) is 30.0. The van der Waals surface area contributed by atoms with Crippen LogP contribution in [0.3, 0.4) is 0 Å². The smallest absolute Gasteiger partial charge is 0.336 e. The third-order valence-corrected chi connectivity index (χ3v) is 35.8. The molecule has 0 bridgehead atoms. The number of hydrogen-bond donors (Lipinski definition) is 0. The summed E-state index contributed by atoms with van der Waals surface area (Å²) < 4.78 is 25.2. The normalized spacial score (nSPS) is 13.2. The second-order valence-corrected chi connectivity index (χ2v) is 41.5. The van der Waals surface area contributed by atoms with Gasteiger partial charge in [-0.05, 0) is 66.6 Å². The Kier molecular flexibility index (Phi) is 27.2. The molecule has 0 amide bonds. The van der Waals surface area contributed by atoms with Gasteiger partial charge >= 0.3 is 17.1 Å². The molecule has 0 aliphatic rings. The van der Waals surface area contributed by atoms with E-state index in [1.54, 1.807) is 0 Å². The Hall–Kier alpha value is -3.52. The Morgan fingerprint density at radius 1 is 0.321 bits per heavy atom. The summed E-state index contributed by atoms with van der Waals surface area (Å²) in [6.45, 7) is 48.6. The number of benzene rings is 3. The molecular weight excluding hydrogens is 1020 g/mol. The number of aromatic nitrogens is 3. The minimum atomic E-state index is -2.16. The Labute approximate surface area is 476 Å². The van der Waals surface area contributed by atoms with Crippen molar-refractivity contribution < 1.29 is 13.3 Å². The quantitative estimate of drug-likeness (QED) is 0.0412. The predicted molar refractivity (Wildman–Crippen MR) is 335 cm³/mol. The molecule has 4 aromatic rings. The van der Waals surface area contributed by atoms with Crippen molar-refractivity contribution in [3.8, 4) is 0 Å². The van der Waals surface area contributed by atoms with Gasteiger partial charge in [-0.25, -0.2) is 28.1 Å². The van der Waals surface area contributed by atoms with E-state index in [-0.39, 0.29) is 19.6 Å². The Balaban J connectivity index is 1.79. The third kappa shape index (κ3) is 17.3. The van der Waals surface area contributed by atoms with Crippen LogP contribution >= 0.6 is 0 Å². The lowest BCUT2D eigenvalue weighted by atomic mass is 10.2. The molecule has 0 aliphatic heterocycles. The summed E-state index contributed by atoms with van der Waals surface area (Å²) in [4.78, 5) is 52.0. The molecule has 438 valence electrons. The van der Waals surface area contributed by atoms with E-state index in [0.717, 1.165) is 16.7 Å². The van der Waals surface area contributed by atoms with E-state index in [2.05, 4.69) is 176 Å². The van der Waals surface area contributed by atoms with Gasteiger partial charge in [-0.15, -0.1) is 0 Å². The molecule has 0 unspecified atom stereocenters. The van der Waals surface area contributed by atoms with Gasteiger partial charge in [0.25, 0.3) is 0 Å². The molecule has 0 radical (unpaired) electrons. The number of nitrogens with zero attached hydrogens (tertiary/aromatic N) is 6. The summed E-state index contributed by atoms with van der Waals surface area (Å²) in [7, 11) is -6.48. The monoisotopic (exact) mass is 1130 g/mol. The van der Waals surface area contributed by atoms with Gasteiger partial charge in [0, 0.05) is 98.4 Å². The van der Waals surface area contributed by atoms with Crippen LogP contribution in [0.1, 0.15) is 141 Å². The summed E-state index contributed by atoms with van der Waals surface area (Å²) in [5.74, 6) is 0. The minimum Gasteiger partial charge on any atom is -0.415 e. The summed E-state index contributed by atoms with van der Waals surface area (Å²) in [5.41, 5.74) is 5.68. The second-order valence-electron chi connectivity index (χ2n) is 25.1. The zero-order chi connectivity index (χ0) is 58.0. The molecule has 1 heterocycles. The highest BCUT2D eigenvalue weighted by Gasteiger charge is 2.47. The molecule has 1 aromatic heterocycles. The fourth-order valence-electron chi connectivity index (χ4n) is 13.9. The van der Waals surface area contributed by atoms with Gasteiger partial charge in [0.15, 0.2) is 25.0 Å². The lowest BCUT2D eigenvalue weighted by molar-refractivity contribution is 0.174. The van der Waals surface area contributed by atoms with Crippen molar-refractivity contribution in [1.29, 1.82) is 0 Å². The van der Waals surface area contributed by atoms with Gasteiger partial charge < -0.3 is 13.3 Å². The summed E-state index contributed by atoms with van der Waals surface area (Å²) in [6.07, 6.45) is 0. The fourth-order valence-corrected chi connectivity index (χ4v) is 30.2. The van der Waals surface area contributed by atoms with Crippen molar-refractivity contribution in [1.82, 2.24) is 28.4 Å². The maximum absolute atomic E-state index is 15.0. The van der Waals surface area contributed by atoms with Crippen LogP contribution in [0, 0.1) is 0 Å². The first kappa shape index (κ1) is 67.0. The van der Waals surface area contributed by atoms with Gasteiger partial charge in [0.2, 0.25) is 0 Å². The summed E-state index contributed by atoms with van der Waals surface area (Å²) >= 11 is 0. The second kappa shape index (κ2) is 31.6. The van der Waals surface area contributed by atoms with E-state index in [0.29, 0.717) is 129 Å². The van der Waals surface area contributed by atoms with Crippen molar-refractivity contribution in [3.05, 3.63) is 139 Å². The Bertz CT molecular complexity index is 2140. The molecular formula is C63H108N6O6Si3. The highest BCUT2D eigenvalue weighted by molar-refractivity contribution is 6.78. The van der Waals surface area contributed by atoms with Crippen molar-refractivity contribution in [2.24, 2.45) is 0 Å². The predicted octanol–water partition coefficient (Wildman–Crippen LogP) is 13.3. The van der Waals surface area contributed by atoms with Crippen LogP contribution in [-0.4, -0.2) is 112 Å². The van der Waals surface area contributed by atoms with E-state index in [4.69, 9.17) is 13.3 Å². The van der Waals surface area contributed by atoms with Crippen LogP contribution in [0.4, 0.5) is 0 Å². The van der Waals surface area contributed by atoms with Gasteiger partial charge in [0.05, 0.1) is 0 Å². The first-order valence-corrected chi connectivity index (χ1v) is 36.4. The first-order chi connectivity index (χ1) is 36.9. The largest absolute Gasteiger partial charge is 0.415 e. The Morgan fingerprint density at radius 3 is 0.692 bits per heavy atom. The summed E-state index contributed by atoms with van der Waals surface area (Å²) in [6, 6.07) is 31.1. The van der Waals surface area contributed by atoms with Gasteiger partial charge in [-0.1, -0.05) is 216 Å². The van der Waals surface area contributed by atoms with E-state index in [1.807, 2.05) is 54.6 Å². The van der Waals surface area contributed by atoms with Crippen LogP contribution in [0.2, 0.25) is 49.9 Å². The highest BCUT2D eigenvalue weighted by Crippen LogP contribution is 2.44. The van der Waals surface area contributed by atoms with Crippen LogP contribution in [0.15, 0.2) is 105 Å². The third-order valence-electron chi connectivity index (χ3n) is 17.5. The zero-order valence-corrected chi connectivity index (χ0v) is 55.1. The van der Waals surface area contributed by atoms with Crippen molar-refractivity contribution in [2.75, 3.05) is 59.1 Å². The molecule has 0 saturated heterocycles. The van der Waals surface area contributed by atoms with Gasteiger partial charge in [-0.3, -0.25) is 14.7 Å². The van der Waals surface area contributed by atoms with E-state index < -0.39 is 42.0 Å². The van der Waals surface area contributed by atoms with Crippen molar-refractivity contribution >= 4 is 25.0 Å². The molecule has 0 atom stereocenters. The molecule has 0 spiro atoms. The SMILES string of the molecule is CC(C)[Si](OCCN(CCn1c(=O)n(CCN(CCO[Si](C(C)C)(C(C)C)C(C)C)Cc2ccccc2)c(=O)n(CCN(CCO[Si](C(C)C)(C(C)C)C(C)C)Cc2ccccc2)c1=O)Cc1ccccc1)(C(C)C)C(C)C. The molecule has 0 fully saturated rings. The lowest BCUT2D eigenvalue weighted by Crippen LogP contribution is -2.57. The average molecular weight is 1130 g/mol. The van der Waals surface area contributed by atoms with Crippen LogP contribution < -0.4 is 17.1 Å². The maximum atomic E-state index is 15.0. The topological polar surface area (TPSA) is 103 Å². The number of hydrogen-bond acceptors (Lipinski definition) is 9.